The van der Waals surface area contributed by atoms with Gasteiger partial charge in [-0.1, -0.05) is 0 Å². The van der Waals surface area contributed by atoms with Gasteiger partial charge in [-0.3, -0.25) is 9.48 Å². The van der Waals surface area contributed by atoms with Gasteiger partial charge in [0.25, 0.3) is 5.91 Å². The molecule has 1 aromatic heterocycles. The van der Waals surface area contributed by atoms with Crippen LogP contribution in [0.25, 0.3) is 0 Å². The lowest BCUT2D eigenvalue weighted by Gasteiger charge is -2.22. The van der Waals surface area contributed by atoms with E-state index in [0.29, 0.717) is 5.69 Å². The van der Waals surface area contributed by atoms with Crippen LogP contribution in [0.4, 0.5) is 0 Å². The van der Waals surface area contributed by atoms with E-state index in [1.165, 1.54) is 4.68 Å². The van der Waals surface area contributed by atoms with Gasteiger partial charge in [0.15, 0.2) is 0 Å². The van der Waals surface area contributed by atoms with E-state index in [9.17, 15) is 9.59 Å². The van der Waals surface area contributed by atoms with E-state index < -0.39 is 17.6 Å². The number of carbonyl (C=O) groups excluding carboxylic acids is 2. The zero-order valence-electron chi connectivity index (χ0n) is 12.3. The van der Waals surface area contributed by atoms with E-state index in [2.05, 4.69) is 10.4 Å². The van der Waals surface area contributed by atoms with Crippen LogP contribution in [0.1, 0.15) is 43.9 Å². The Bertz CT molecular complexity index is 486. The highest BCUT2D eigenvalue weighted by Crippen LogP contribution is 2.09. The third kappa shape index (κ3) is 4.39. The molecule has 0 unspecified atom stereocenters. The maximum atomic E-state index is 12.0. The van der Waals surface area contributed by atoms with Crippen molar-refractivity contribution in [3.63, 3.8) is 0 Å². The molecule has 1 atom stereocenters. The number of ether oxygens (including phenoxy) is 1. The molecule has 0 aliphatic rings. The van der Waals surface area contributed by atoms with Gasteiger partial charge in [0.2, 0.25) is 0 Å². The lowest BCUT2D eigenvalue weighted by Crippen LogP contribution is -2.42. The van der Waals surface area contributed by atoms with Crippen LogP contribution in [0.5, 0.6) is 0 Å². The van der Waals surface area contributed by atoms with Gasteiger partial charge in [0, 0.05) is 7.05 Å². The van der Waals surface area contributed by atoms with Crippen LogP contribution in [0, 0.1) is 6.92 Å². The molecule has 1 amide bonds. The number of nitrogens with one attached hydrogen (secondary N) is 1. The van der Waals surface area contributed by atoms with Gasteiger partial charge in [-0.25, -0.2) is 4.79 Å². The van der Waals surface area contributed by atoms with E-state index in [4.69, 9.17) is 4.74 Å². The molecule has 6 nitrogen and oxygen atoms in total. The van der Waals surface area contributed by atoms with E-state index in [0.717, 1.165) is 5.69 Å². The van der Waals surface area contributed by atoms with Crippen LogP contribution in [-0.2, 0) is 16.6 Å². The van der Waals surface area contributed by atoms with Crippen molar-refractivity contribution < 1.29 is 14.3 Å². The topological polar surface area (TPSA) is 73.2 Å². The van der Waals surface area contributed by atoms with Crippen LogP contribution in [0.3, 0.4) is 0 Å². The van der Waals surface area contributed by atoms with Gasteiger partial charge in [-0.15, -0.1) is 0 Å². The van der Waals surface area contributed by atoms with E-state index in [-0.39, 0.29) is 5.91 Å². The number of esters is 1. The second-order valence-corrected chi connectivity index (χ2v) is 5.52. The fourth-order valence-corrected chi connectivity index (χ4v) is 1.54. The quantitative estimate of drug-likeness (QED) is 0.835. The molecule has 6 heteroatoms. The summed E-state index contributed by atoms with van der Waals surface area (Å²) >= 11 is 0. The molecule has 0 saturated heterocycles. The number of hydrogen-bond donors (Lipinski definition) is 1. The van der Waals surface area contributed by atoms with E-state index in [1.54, 1.807) is 47.7 Å². The number of rotatable bonds is 3. The normalized spacial score (nSPS) is 12.9. The number of nitrogens with zero attached hydrogens (tertiary/aromatic N) is 2. The summed E-state index contributed by atoms with van der Waals surface area (Å²) in [6.45, 7) is 8.74. The predicted octanol–water partition coefficient (Wildman–Crippen LogP) is 1.19. The first-order chi connectivity index (χ1) is 8.60. The molecule has 0 aliphatic heterocycles. The Hall–Kier alpha value is -1.85. The number of amides is 1. The van der Waals surface area contributed by atoms with Gasteiger partial charge in [-0.05, 0) is 40.7 Å². The Morgan fingerprint density at radius 3 is 2.42 bits per heavy atom. The van der Waals surface area contributed by atoms with Crippen LogP contribution < -0.4 is 5.32 Å². The highest BCUT2D eigenvalue weighted by Gasteiger charge is 2.24. The minimum Gasteiger partial charge on any atom is -0.458 e. The second-order valence-electron chi connectivity index (χ2n) is 5.52. The molecule has 0 spiro atoms. The van der Waals surface area contributed by atoms with Crippen molar-refractivity contribution in [3.8, 4) is 0 Å². The SMILES string of the molecule is Cc1cc(C(=O)N[C@@H](C)C(=O)OC(C)(C)C)n(C)n1. The largest absolute Gasteiger partial charge is 0.458 e. The summed E-state index contributed by atoms with van der Waals surface area (Å²) in [7, 11) is 1.68. The molecular formula is C13H21N3O3. The van der Waals surface area contributed by atoms with Crippen molar-refractivity contribution >= 4 is 11.9 Å². The first kappa shape index (κ1) is 15.2. The van der Waals surface area contributed by atoms with Crippen molar-refractivity contribution in [2.45, 2.75) is 46.3 Å². The molecule has 0 radical (unpaired) electrons. The maximum absolute atomic E-state index is 12.0. The Morgan fingerprint density at radius 2 is 2.00 bits per heavy atom. The molecule has 0 aromatic carbocycles. The average Bonchev–Trinajstić information content (AvgIpc) is 2.55. The predicted molar refractivity (Wildman–Crippen MR) is 70.7 cm³/mol. The molecule has 0 bridgehead atoms. The molecule has 1 aromatic rings. The highest BCUT2D eigenvalue weighted by molar-refractivity contribution is 5.95. The van der Waals surface area contributed by atoms with E-state index >= 15 is 0 Å². The summed E-state index contributed by atoms with van der Waals surface area (Å²) < 4.78 is 6.67. The third-order valence-corrected chi connectivity index (χ3v) is 2.34. The fraction of sp³-hybridized carbons (Fsp3) is 0.615. The van der Waals surface area contributed by atoms with E-state index in [1.807, 2.05) is 0 Å². The lowest BCUT2D eigenvalue weighted by molar-refractivity contribution is -0.156. The first-order valence-electron chi connectivity index (χ1n) is 6.14. The third-order valence-electron chi connectivity index (χ3n) is 2.34. The zero-order valence-corrected chi connectivity index (χ0v) is 12.3. The molecular weight excluding hydrogens is 246 g/mol. The fourth-order valence-electron chi connectivity index (χ4n) is 1.54. The molecule has 19 heavy (non-hydrogen) atoms. The first-order valence-corrected chi connectivity index (χ1v) is 6.14. The van der Waals surface area contributed by atoms with Gasteiger partial charge in [-0.2, -0.15) is 5.10 Å². The van der Waals surface area contributed by atoms with Crippen molar-refractivity contribution in [3.05, 3.63) is 17.5 Å². The summed E-state index contributed by atoms with van der Waals surface area (Å²) in [4.78, 5) is 23.7. The molecule has 1 rings (SSSR count). The maximum Gasteiger partial charge on any atom is 0.328 e. The van der Waals surface area contributed by atoms with Crippen LogP contribution in [0.2, 0.25) is 0 Å². The van der Waals surface area contributed by atoms with Gasteiger partial charge in [0.1, 0.15) is 17.3 Å². The lowest BCUT2D eigenvalue weighted by atomic mass is 10.2. The number of hydrogen-bond acceptors (Lipinski definition) is 4. The Balaban J connectivity index is 2.67. The zero-order chi connectivity index (χ0) is 14.8. The summed E-state index contributed by atoms with van der Waals surface area (Å²) in [5.41, 5.74) is 0.588. The Labute approximate surface area is 113 Å². The van der Waals surface area contributed by atoms with Crippen molar-refractivity contribution in [2.75, 3.05) is 0 Å². The van der Waals surface area contributed by atoms with Gasteiger partial charge >= 0.3 is 5.97 Å². The monoisotopic (exact) mass is 267 g/mol. The summed E-state index contributed by atoms with van der Waals surface area (Å²) in [6.07, 6.45) is 0. The van der Waals surface area contributed by atoms with Crippen molar-refractivity contribution in [1.82, 2.24) is 15.1 Å². The minimum atomic E-state index is -0.707. The molecule has 0 saturated carbocycles. The molecule has 106 valence electrons. The summed E-state index contributed by atoms with van der Waals surface area (Å²) in [6, 6.07) is 0.957. The average molecular weight is 267 g/mol. The van der Waals surface area contributed by atoms with Crippen LogP contribution in [-0.4, -0.2) is 33.3 Å². The molecule has 1 N–H and O–H groups in total. The van der Waals surface area contributed by atoms with Crippen LogP contribution >= 0.6 is 0 Å². The summed E-state index contributed by atoms with van der Waals surface area (Å²) in [5, 5.41) is 6.68. The van der Waals surface area contributed by atoms with Gasteiger partial charge < -0.3 is 10.1 Å². The van der Waals surface area contributed by atoms with Crippen molar-refractivity contribution in [2.24, 2.45) is 7.05 Å². The standard InChI is InChI=1S/C13H21N3O3/c1-8-7-10(16(6)15-8)11(17)14-9(2)12(18)19-13(3,4)5/h7,9H,1-6H3,(H,14,17)/t9-/m0/s1. The number of aryl methyl sites for hydroxylation is 2. The molecule has 0 aliphatic carbocycles. The Kier molecular flexibility index (Phi) is 4.34. The summed E-state index contributed by atoms with van der Waals surface area (Å²) in [5.74, 6) is -0.804. The number of aromatic nitrogens is 2. The van der Waals surface area contributed by atoms with Crippen LogP contribution in [0.15, 0.2) is 6.07 Å². The second kappa shape index (κ2) is 5.42. The molecule has 1 heterocycles. The number of carbonyl (C=O) groups is 2. The highest BCUT2D eigenvalue weighted by atomic mass is 16.6. The Morgan fingerprint density at radius 1 is 1.42 bits per heavy atom. The smallest absolute Gasteiger partial charge is 0.328 e. The molecule has 0 fully saturated rings. The van der Waals surface area contributed by atoms with Gasteiger partial charge in [0.05, 0.1) is 5.69 Å². The minimum absolute atomic E-state index is 0.346. The van der Waals surface area contributed by atoms with Crippen molar-refractivity contribution in [1.29, 1.82) is 0 Å².